The summed E-state index contributed by atoms with van der Waals surface area (Å²) in [5.74, 6) is 0. The second-order valence-corrected chi connectivity index (χ2v) is 5.13. The number of nitrogen functional groups attached to an aromatic ring is 1. The van der Waals surface area contributed by atoms with Crippen molar-refractivity contribution < 1.29 is 0 Å². The number of hydrogen-bond acceptors (Lipinski definition) is 2. The summed E-state index contributed by atoms with van der Waals surface area (Å²) in [5, 5.41) is 0. The minimum atomic E-state index is 0.953. The van der Waals surface area contributed by atoms with E-state index in [2.05, 4.69) is 29.4 Å². The van der Waals surface area contributed by atoms with Crippen LogP contribution in [0.2, 0.25) is 0 Å². The SMILES string of the molecule is Nc1c(-c2ccc3nccn3c2)ccc2c1CCC2. The molecule has 2 N–H and O–H groups in total. The Hall–Kier alpha value is -2.29. The van der Waals surface area contributed by atoms with Crippen molar-refractivity contribution in [3.05, 3.63) is 54.0 Å². The van der Waals surface area contributed by atoms with Crippen molar-refractivity contribution in [2.45, 2.75) is 19.3 Å². The standard InChI is InChI=1S/C16H15N3/c17-16-13-3-1-2-11(13)4-6-14(16)12-5-7-15-18-8-9-19(15)10-12/h4-10H,1-3,17H2. The van der Waals surface area contributed by atoms with E-state index in [0.717, 1.165) is 28.9 Å². The fourth-order valence-corrected chi connectivity index (χ4v) is 3.03. The molecule has 0 radical (unpaired) electrons. The molecule has 0 spiro atoms. The lowest BCUT2D eigenvalue weighted by molar-refractivity contribution is 0.912. The molecule has 3 heteroatoms. The molecule has 0 aliphatic heterocycles. The molecule has 19 heavy (non-hydrogen) atoms. The van der Waals surface area contributed by atoms with Gasteiger partial charge in [-0.2, -0.15) is 0 Å². The number of pyridine rings is 1. The highest BCUT2D eigenvalue weighted by Gasteiger charge is 2.16. The molecule has 94 valence electrons. The second kappa shape index (κ2) is 3.85. The summed E-state index contributed by atoms with van der Waals surface area (Å²) < 4.78 is 2.03. The van der Waals surface area contributed by atoms with E-state index in [1.54, 1.807) is 0 Å². The van der Waals surface area contributed by atoms with E-state index in [-0.39, 0.29) is 0 Å². The van der Waals surface area contributed by atoms with Crippen molar-refractivity contribution in [1.29, 1.82) is 0 Å². The van der Waals surface area contributed by atoms with Gasteiger partial charge in [-0.3, -0.25) is 0 Å². The molecule has 2 aromatic heterocycles. The van der Waals surface area contributed by atoms with Crippen LogP contribution in [0.5, 0.6) is 0 Å². The third-order valence-corrected chi connectivity index (χ3v) is 4.03. The summed E-state index contributed by atoms with van der Waals surface area (Å²) in [7, 11) is 0. The maximum absolute atomic E-state index is 6.36. The topological polar surface area (TPSA) is 43.3 Å². The number of aromatic nitrogens is 2. The van der Waals surface area contributed by atoms with Crippen molar-refractivity contribution in [1.82, 2.24) is 9.38 Å². The summed E-state index contributed by atoms with van der Waals surface area (Å²) in [6, 6.07) is 8.50. The summed E-state index contributed by atoms with van der Waals surface area (Å²) in [5.41, 5.74) is 13.3. The molecule has 0 unspecified atom stereocenters. The maximum atomic E-state index is 6.36. The van der Waals surface area contributed by atoms with E-state index < -0.39 is 0 Å². The quantitative estimate of drug-likeness (QED) is 0.673. The van der Waals surface area contributed by atoms with E-state index >= 15 is 0 Å². The molecule has 3 nitrogen and oxygen atoms in total. The smallest absolute Gasteiger partial charge is 0.136 e. The van der Waals surface area contributed by atoms with Gasteiger partial charge in [0.15, 0.2) is 0 Å². The zero-order valence-corrected chi connectivity index (χ0v) is 10.6. The van der Waals surface area contributed by atoms with Gasteiger partial charge < -0.3 is 10.1 Å². The number of aryl methyl sites for hydroxylation is 1. The fourth-order valence-electron chi connectivity index (χ4n) is 3.03. The highest BCUT2D eigenvalue weighted by atomic mass is 15.0. The molecule has 1 aromatic carbocycles. The lowest BCUT2D eigenvalue weighted by Gasteiger charge is -2.11. The molecule has 0 amide bonds. The Balaban J connectivity index is 1.92. The van der Waals surface area contributed by atoms with E-state index in [1.807, 2.05) is 22.9 Å². The van der Waals surface area contributed by atoms with Gasteiger partial charge in [-0.25, -0.2) is 4.98 Å². The first-order valence-corrected chi connectivity index (χ1v) is 6.66. The fraction of sp³-hybridized carbons (Fsp3) is 0.188. The molecular formula is C16H15N3. The summed E-state index contributed by atoms with van der Waals surface area (Å²) in [6.45, 7) is 0. The summed E-state index contributed by atoms with van der Waals surface area (Å²) in [4.78, 5) is 4.27. The Morgan fingerprint density at radius 3 is 3.00 bits per heavy atom. The molecule has 1 aliphatic rings. The zero-order valence-electron chi connectivity index (χ0n) is 10.6. The number of imidazole rings is 1. The monoisotopic (exact) mass is 249 g/mol. The van der Waals surface area contributed by atoms with Crippen molar-refractivity contribution in [2.24, 2.45) is 0 Å². The number of rotatable bonds is 1. The number of nitrogens with two attached hydrogens (primary N) is 1. The van der Waals surface area contributed by atoms with Gasteiger partial charge >= 0.3 is 0 Å². The van der Waals surface area contributed by atoms with Gasteiger partial charge in [0.25, 0.3) is 0 Å². The third kappa shape index (κ3) is 1.55. The largest absolute Gasteiger partial charge is 0.398 e. The average molecular weight is 249 g/mol. The van der Waals surface area contributed by atoms with Crippen LogP contribution >= 0.6 is 0 Å². The summed E-state index contributed by atoms with van der Waals surface area (Å²) in [6.07, 6.45) is 9.37. The van der Waals surface area contributed by atoms with Gasteiger partial charge in [-0.05, 0) is 42.5 Å². The first-order chi connectivity index (χ1) is 9.33. The Labute approximate surface area is 111 Å². The van der Waals surface area contributed by atoms with Crippen molar-refractivity contribution in [2.75, 3.05) is 5.73 Å². The van der Waals surface area contributed by atoms with Crippen LogP contribution in [0.3, 0.4) is 0 Å². The van der Waals surface area contributed by atoms with Crippen LogP contribution in [0.25, 0.3) is 16.8 Å². The van der Waals surface area contributed by atoms with Crippen molar-refractivity contribution in [3.63, 3.8) is 0 Å². The molecule has 1 aliphatic carbocycles. The van der Waals surface area contributed by atoms with Gasteiger partial charge in [0.05, 0.1) is 0 Å². The third-order valence-electron chi connectivity index (χ3n) is 4.03. The molecule has 3 aromatic rings. The van der Waals surface area contributed by atoms with Crippen molar-refractivity contribution >= 4 is 11.3 Å². The Kier molecular flexibility index (Phi) is 2.15. The molecular weight excluding hydrogens is 234 g/mol. The van der Waals surface area contributed by atoms with E-state index in [9.17, 15) is 0 Å². The zero-order chi connectivity index (χ0) is 12.8. The van der Waals surface area contributed by atoms with Crippen LogP contribution in [0.15, 0.2) is 42.9 Å². The van der Waals surface area contributed by atoms with E-state index in [1.165, 1.54) is 24.0 Å². The molecule has 2 heterocycles. The van der Waals surface area contributed by atoms with Crippen LogP contribution in [-0.2, 0) is 12.8 Å². The molecule has 0 fully saturated rings. The molecule has 4 rings (SSSR count). The van der Waals surface area contributed by atoms with Gasteiger partial charge in [0, 0.05) is 35.4 Å². The second-order valence-electron chi connectivity index (χ2n) is 5.13. The first-order valence-electron chi connectivity index (χ1n) is 6.66. The first kappa shape index (κ1) is 10.6. The maximum Gasteiger partial charge on any atom is 0.136 e. The van der Waals surface area contributed by atoms with Gasteiger partial charge in [-0.15, -0.1) is 0 Å². The Morgan fingerprint density at radius 2 is 2.05 bits per heavy atom. The number of nitrogens with zero attached hydrogens (tertiary/aromatic N) is 2. The van der Waals surface area contributed by atoms with Crippen LogP contribution in [-0.4, -0.2) is 9.38 Å². The normalized spacial score (nSPS) is 13.9. The minimum Gasteiger partial charge on any atom is -0.398 e. The highest BCUT2D eigenvalue weighted by molar-refractivity contribution is 5.80. The van der Waals surface area contributed by atoms with Crippen molar-refractivity contribution in [3.8, 4) is 11.1 Å². The molecule has 0 bridgehead atoms. The molecule has 0 saturated carbocycles. The number of fused-ring (bicyclic) bond motifs is 2. The van der Waals surface area contributed by atoms with Crippen LogP contribution in [0.1, 0.15) is 17.5 Å². The van der Waals surface area contributed by atoms with E-state index in [0.29, 0.717) is 0 Å². The minimum absolute atomic E-state index is 0.953. The highest BCUT2D eigenvalue weighted by Crippen LogP contribution is 2.35. The number of hydrogen-bond donors (Lipinski definition) is 1. The van der Waals surface area contributed by atoms with Crippen LogP contribution in [0, 0.1) is 0 Å². The number of benzene rings is 1. The van der Waals surface area contributed by atoms with Gasteiger partial charge in [0.2, 0.25) is 0 Å². The Morgan fingerprint density at radius 1 is 1.11 bits per heavy atom. The molecule has 0 atom stereocenters. The van der Waals surface area contributed by atoms with Gasteiger partial charge in [0.1, 0.15) is 5.65 Å². The average Bonchev–Trinajstić information content (AvgIpc) is 3.07. The van der Waals surface area contributed by atoms with Crippen LogP contribution in [0.4, 0.5) is 5.69 Å². The Bertz CT molecular complexity index is 771. The summed E-state index contributed by atoms with van der Waals surface area (Å²) >= 11 is 0. The predicted octanol–water partition coefficient (Wildman–Crippen LogP) is 3.07. The number of anilines is 1. The van der Waals surface area contributed by atoms with Gasteiger partial charge in [-0.1, -0.05) is 12.1 Å². The lowest BCUT2D eigenvalue weighted by atomic mass is 9.99. The molecule has 0 saturated heterocycles. The lowest BCUT2D eigenvalue weighted by Crippen LogP contribution is -1.97. The van der Waals surface area contributed by atoms with E-state index in [4.69, 9.17) is 5.73 Å². The van der Waals surface area contributed by atoms with Crippen LogP contribution < -0.4 is 5.73 Å². The predicted molar refractivity (Wildman–Crippen MR) is 77.1 cm³/mol.